The highest BCUT2D eigenvalue weighted by Gasteiger charge is 2.05. The van der Waals surface area contributed by atoms with E-state index in [-0.39, 0.29) is 6.61 Å². The van der Waals surface area contributed by atoms with Gasteiger partial charge in [-0.1, -0.05) is 6.07 Å². The van der Waals surface area contributed by atoms with E-state index in [1.165, 1.54) is 11.1 Å². The lowest BCUT2D eigenvalue weighted by molar-refractivity contribution is -0.109. The molecule has 1 aromatic carbocycles. The molecule has 3 nitrogen and oxygen atoms in total. The van der Waals surface area contributed by atoms with Gasteiger partial charge in [-0.05, 0) is 43.0 Å². The van der Waals surface area contributed by atoms with Gasteiger partial charge in [-0.2, -0.15) is 0 Å². The number of methoxy groups -OCH3 is 1. The number of aryl methyl sites for hydroxylation is 2. The lowest BCUT2D eigenvalue weighted by atomic mass is 10.0. The van der Waals surface area contributed by atoms with E-state index >= 15 is 0 Å². The molecule has 0 fully saturated rings. The number of carbonyl (C=O) groups excluding carboxylic acids is 1. The largest absolute Gasteiger partial charge is 0.486 e. The molecule has 1 rings (SSSR count). The molecule has 0 unspecified atom stereocenters. The van der Waals surface area contributed by atoms with E-state index in [1.807, 2.05) is 19.9 Å². The predicted octanol–water partition coefficient (Wildman–Crippen LogP) is 2.07. The smallest absolute Gasteiger partial charge is 0.157 e. The quantitative estimate of drug-likeness (QED) is 0.691. The predicted molar refractivity (Wildman–Crippen MR) is 63.1 cm³/mol. The van der Waals surface area contributed by atoms with Gasteiger partial charge in [-0.15, -0.1) is 0 Å². The Kier molecular flexibility index (Phi) is 4.99. The molecule has 0 aromatic heterocycles. The minimum absolute atomic E-state index is 0.109. The van der Waals surface area contributed by atoms with E-state index < -0.39 is 0 Å². The summed E-state index contributed by atoms with van der Waals surface area (Å²) in [4.78, 5) is 10.2. The van der Waals surface area contributed by atoms with Crippen LogP contribution in [-0.2, 0) is 16.0 Å². The third kappa shape index (κ3) is 3.35. The Balaban J connectivity index is 2.83. The second-order valence-corrected chi connectivity index (χ2v) is 3.76. The third-order valence-corrected chi connectivity index (χ3v) is 2.52. The molecule has 0 atom stereocenters. The van der Waals surface area contributed by atoms with E-state index in [1.54, 1.807) is 7.11 Å². The summed E-state index contributed by atoms with van der Waals surface area (Å²) < 4.78 is 10.4. The molecule has 0 heterocycles. The van der Waals surface area contributed by atoms with Crippen molar-refractivity contribution in [1.29, 1.82) is 0 Å². The molecule has 88 valence electrons. The molecule has 0 saturated carbocycles. The summed E-state index contributed by atoms with van der Waals surface area (Å²) in [5.74, 6) is 0.783. The molecule has 0 aliphatic rings. The molecular weight excluding hydrogens is 204 g/mol. The van der Waals surface area contributed by atoms with Crippen LogP contribution in [0.3, 0.4) is 0 Å². The van der Waals surface area contributed by atoms with Crippen LogP contribution in [-0.4, -0.2) is 26.6 Å². The normalized spacial score (nSPS) is 10.2. The standard InChI is InChI=1S/C13H18O3/c1-10-9-13(16-7-5-14)11(2)8-12(10)4-6-15-3/h5,8-9H,4,6-7H2,1-3H3. The Labute approximate surface area is 96.4 Å². The number of aldehydes is 1. The Bertz CT molecular complexity index is 358. The van der Waals surface area contributed by atoms with Crippen LogP contribution in [0.4, 0.5) is 0 Å². The van der Waals surface area contributed by atoms with Crippen LogP contribution in [0, 0.1) is 13.8 Å². The first-order valence-electron chi connectivity index (χ1n) is 5.34. The molecule has 0 amide bonds. The van der Waals surface area contributed by atoms with Crippen molar-refractivity contribution < 1.29 is 14.3 Å². The molecule has 0 radical (unpaired) electrons. The second-order valence-electron chi connectivity index (χ2n) is 3.76. The molecule has 0 spiro atoms. The van der Waals surface area contributed by atoms with Gasteiger partial charge < -0.3 is 9.47 Å². The van der Waals surface area contributed by atoms with Crippen molar-refractivity contribution in [1.82, 2.24) is 0 Å². The number of hydrogen-bond donors (Lipinski definition) is 0. The zero-order valence-electron chi connectivity index (χ0n) is 10.1. The van der Waals surface area contributed by atoms with Crippen LogP contribution >= 0.6 is 0 Å². The lowest BCUT2D eigenvalue weighted by Crippen LogP contribution is -2.02. The monoisotopic (exact) mass is 222 g/mol. The Hall–Kier alpha value is -1.35. The molecular formula is C13H18O3. The van der Waals surface area contributed by atoms with Crippen LogP contribution in [0.15, 0.2) is 12.1 Å². The van der Waals surface area contributed by atoms with Crippen molar-refractivity contribution in [3.8, 4) is 5.75 Å². The van der Waals surface area contributed by atoms with Crippen LogP contribution in [0.5, 0.6) is 5.75 Å². The lowest BCUT2D eigenvalue weighted by Gasteiger charge is -2.11. The fourth-order valence-electron chi connectivity index (χ4n) is 1.61. The molecule has 0 aliphatic carbocycles. The number of hydrogen-bond acceptors (Lipinski definition) is 3. The molecule has 0 bridgehead atoms. The summed E-state index contributed by atoms with van der Waals surface area (Å²) in [5.41, 5.74) is 3.49. The van der Waals surface area contributed by atoms with Gasteiger partial charge in [-0.3, -0.25) is 4.79 Å². The van der Waals surface area contributed by atoms with Crippen molar-refractivity contribution in [3.05, 3.63) is 28.8 Å². The van der Waals surface area contributed by atoms with Crippen LogP contribution in [0.1, 0.15) is 16.7 Å². The van der Waals surface area contributed by atoms with E-state index in [2.05, 4.69) is 6.07 Å². The van der Waals surface area contributed by atoms with Crippen molar-refractivity contribution in [2.75, 3.05) is 20.3 Å². The first-order valence-corrected chi connectivity index (χ1v) is 5.34. The zero-order chi connectivity index (χ0) is 12.0. The molecule has 0 N–H and O–H groups in total. The van der Waals surface area contributed by atoms with Gasteiger partial charge in [-0.25, -0.2) is 0 Å². The maximum atomic E-state index is 10.2. The number of ether oxygens (including phenoxy) is 2. The zero-order valence-corrected chi connectivity index (χ0v) is 10.1. The molecule has 1 aromatic rings. The van der Waals surface area contributed by atoms with E-state index in [0.29, 0.717) is 0 Å². The number of carbonyl (C=O) groups is 1. The van der Waals surface area contributed by atoms with Gasteiger partial charge in [0.25, 0.3) is 0 Å². The van der Waals surface area contributed by atoms with Crippen LogP contribution < -0.4 is 4.74 Å². The molecule has 16 heavy (non-hydrogen) atoms. The Morgan fingerprint density at radius 1 is 1.25 bits per heavy atom. The summed E-state index contributed by atoms with van der Waals surface area (Å²) in [7, 11) is 1.70. The highest BCUT2D eigenvalue weighted by molar-refractivity contribution is 5.52. The average molecular weight is 222 g/mol. The topological polar surface area (TPSA) is 35.5 Å². The summed E-state index contributed by atoms with van der Waals surface area (Å²) in [5, 5.41) is 0. The Morgan fingerprint density at radius 3 is 2.62 bits per heavy atom. The van der Waals surface area contributed by atoms with Crippen molar-refractivity contribution >= 4 is 6.29 Å². The summed E-state index contributed by atoms with van der Waals surface area (Å²) >= 11 is 0. The van der Waals surface area contributed by atoms with Crippen LogP contribution in [0.2, 0.25) is 0 Å². The SMILES string of the molecule is COCCc1cc(C)c(OCC=O)cc1C. The van der Waals surface area contributed by atoms with Crippen molar-refractivity contribution in [2.45, 2.75) is 20.3 Å². The van der Waals surface area contributed by atoms with E-state index in [0.717, 1.165) is 30.6 Å². The minimum Gasteiger partial charge on any atom is -0.486 e. The first kappa shape index (κ1) is 12.7. The fraction of sp³-hybridized carbons (Fsp3) is 0.462. The second kappa shape index (κ2) is 6.28. The van der Waals surface area contributed by atoms with Crippen LogP contribution in [0.25, 0.3) is 0 Å². The number of rotatable bonds is 6. The highest BCUT2D eigenvalue weighted by atomic mass is 16.5. The van der Waals surface area contributed by atoms with E-state index in [9.17, 15) is 4.79 Å². The van der Waals surface area contributed by atoms with E-state index in [4.69, 9.17) is 9.47 Å². The highest BCUT2D eigenvalue weighted by Crippen LogP contribution is 2.23. The van der Waals surface area contributed by atoms with Crippen molar-refractivity contribution in [2.24, 2.45) is 0 Å². The molecule has 0 saturated heterocycles. The van der Waals surface area contributed by atoms with Gasteiger partial charge in [0.05, 0.1) is 6.61 Å². The van der Waals surface area contributed by atoms with Gasteiger partial charge in [0.2, 0.25) is 0 Å². The average Bonchev–Trinajstić information content (AvgIpc) is 2.28. The van der Waals surface area contributed by atoms with Gasteiger partial charge >= 0.3 is 0 Å². The fourth-order valence-corrected chi connectivity index (χ4v) is 1.61. The van der Waals surface area contributed by atoms with Gasteiger partial charge in [0, 0.05) is 7.11 Å². The van der Waals surface area contributed by atoms with Crippen molar-refractivity contribution in [3.63, 3.8) is 0 Å². The van der Waals surface area contributed by atoms with Gasteiger partial charge in [0.15, 0.2) is 6.29 Å². The van der Waals surface area contributed by atoms with Gasteiger partial charge in [0.1, 0.15) is 12.4 Å². The third-order valence-electron chi connectivity index (χ3n) is 2.52. The summed E-state index contributed by atoms with van der Waals surface area (Å²) in [6, 6.07) is 4.07. The maximum absolute atomic E-state index is 10.2. The molecule has 3 heteroatoms. The molecule has 0 aliphatic heterocycles. The Morgan fingerprint density at radius 2 is 2.00 bits per heavy atom. The minimum atomic E-state index is 0.109. The number of benzene rings is 1. The summed E-state index contributed by atoms with van der Waals surface area (Å²) in [6.07, 6.45) is 1.66. The summed E-state index contributed by atoms with van der Waals surface area (Å²) in [6.45, 7) is 4.85. The first-order chi connectivity index (χ1) is 7.69. The maximum Gasteiger partial charge on any atom is 0.157 e.